The Morgan fingerprint density at radius 3 is 2.27 bits per heavy atom. The van der Waals surface area contributed by atoms with Gasteiger partial charge in [0.1, 0.15) is 11.9 Å². The molecule has 2 rings (SSSR count). The van der Waals surface area contributed by atoms with Gasteiger partial charge in [-0.2, -0.15) is 13.2 Å². The van der Waals surface area contributed by atoms with Crippen LogP contribution >= 0.6 is 15.9 Å². The van der Waals surface area contributed by atoms with Gasteiger partial charge in [-0.1, -0.05) is 12.1 Å². The third-order valence-corrected chi connectivity index (χ3v) is 3.50. The van der Waals surface area contributed by atoms with Crippen molar-refractivity contribution in [2.75, 3.05) is 13.1 Å². The molecule has 0 unspecified atom stereocenters. The Kier molecular flexibility index (Phi) is 7.11. The van der Waals surface area contributed by atoms with E-state index in [9.17, 15) is 13.2 Å². The first kappa shape index (κ1) is 18.7. The maximum Gasteiger partial charge on any atom is 0.490 e. The molecule has 5 nitrogen and oxygen atoms in total. The fraction of sp³-hybridized carbons (Fsp3) is 0.462. The first-order chi connectivity index (χ1) is 10.2. The van der Waals surface area contributed by atoms with Gasteiger partial charge in [-0.05, 0) is 40.9 Å². The quantitative estimate of drug-likeness (QED) is 0.766. The number of para-hydroxylation sites is 1. The van der Waals surface area contributed by atoms with Crippen LogP contribution in [0.2, 0.25) is 0 Å². The third kappa shape index (κ3) is 6.63. The number of nitrogens with two attached hydrogens (primary N) is 1. The fourth-order valence-corrected chi connectivity index (χ4v) is 2.09. The number of hydrogen-bond donors (Lipinski definition) is 2. The second-order valence-corrected chi connectivity index (χ2v) is 5.44. The number of alkyl halides is 3. The normalized spacial score (nSPS) is 16.6. The predicted molar refractivity (Wildman–Crippen MR) is 77.2 cm³/mol. The summed E-state index contributed by atoms with van der Waals surface area (Å²) in [7, 11) is 0. The molecule has 1 saturated heterocycles. The van der Waals surface area contributed by atoms with E-state index in [1.165, 1.54) is 0 Å². The highest BCUT2D eigenvalue weighted by Crippen LogP contribution is 2.26. The molecular weight excluding hydrogens is 369 g/mol. The molecule has 1 aliphatic heterocycles. The van der Waals surface area contributed by atoms with Gasteiger partial charge in [0, 0.05) is 13.1 Å². The summed E-state index contributed by atoms with van der Waals surface area (Å²) in [4.78, 5) is 8.90. The summed E-state index contributed by atoms with van der Waals surface area (Å²) >= 11 is 3.47. The highest BCUT2D eigenvalue weighted by Gasteiger charge is 2.38. The van der Waals surface area contributed by atoms with Crippen LogP contribution in [0, 0.1) is 0 Å². The predicted octanol–water partition coefficient (Wildman–Crippen LogP) is 2.80. The van der Waals surface area contributed by atoms with E-state index < -0.39 is 12.1 Å². The lowest BCUT2D eigenvalue weighted by molar-refractivity contribution is -0.192. The van der Waals surface area contributed by atoms with Crippen LogP contribution < -0.4 is 10.6 Å². The number of nitrogens with zero attached hydrogens (tertiary/aromatic N) is 1. The van der Waals surface area contributed by atoms with E-state index in [2.05, 4.69) is 15.9 Å². The highest BCUT2D eigenvalue weighted by molar-refractivity contribution is 9.10. The monoisotopic (exact) mass is 384 g/mol. The zero-order valence-corrected chi connectivity index (χ0v) is 13.1. The van der Waals surface area contributed by atoms with Crippen LogP contribution in [-0.2, 0) is 4.79 Å². The molecule has 0 spiro atoms. The summed E-state index contributed by atoms with van der Waals surface area (Å²) in [5.41, 5.74) is 0. The lowest BCUT2D eigenvalue weighted by Crippen LogP contribution is -2.42. The Hall–Kier alpha value is -1.32. The molecule has 0 aromatic heterocycles. The smallest absolute Gasteiger partial charge is 0.489 e. The standard InChI is InChI=1S/C11H15BrN2O.C2HF3O2/c12-10-3-1-2-4-11(10)15-9-5-7-14(13)8-6-9;3-2(4,5)1(6)7/h1-4,9H,5-8,13H2;(H,6,7). The number of hydrogen-bond acceptors (Lipinski definition) is 4. The molecule has 1 fully saturated rings. The molecule has 124 valence electrons. The van der Waals surface area contributed by atoms with Gasteiger partial charge in [-0.15, -0.1) is 0 Å². The number of benzene rings is 1. The second-order valence-electron chi connectivity index (χ2n) is 4.59. The van der Waals surface area contributed by atoms with Crippen LogP contribution in [0.25, 0.3) is 0 Å². The lowest BCUT2D eigenvalue weighted by atomic mass is 10.1. The SMILES string of the molecule is NN1CCC(Oc2ccccc2Br)CC1.O=C(O)C(F)(F)F. The van der Waals surface area contributed by atoms with E-state index in [0.29, 0.717) is 6.10 Å². The van der Waals surface area contributed by atoms with Gasteiger partial charge in [0.25, 0.3) is 0 Å². The lowest BCUT2D eigenvalue weighted by Gasteiger charge is -2.29. The summed E-state index contributed by atoms with van der Waals surface area (Å²) < 4.78 is 38.7. The molecule has 0 atom stereocenters. The molecular formula is C13H16BrF3N2O3. The van der Waals surface area contributed by atoms with Crippen molar-refractivity contribution in [1.82, 2.24) is 5.01 Å². The molecule has 1 aliphatic rings. The highest BCUT2D eigenvalue weighted by atomic mass is 79.9. The molecule has 0 saturated carbocycles. The molecule has 0 radical (unpaired) electrons. The molecule has 1 aromatic carbocycles. The zero-order valence-electron chi connectivity index (χ0n) is 11.5. The Labute approximate surface area is 133 Å². The Balaban J connectivity index is 0.000000295. The van der Waals surface area contributed by atoms with Crippen LogP contribution in [0.4, 0.5) is 13.2 Å². The summed E-state index contributed by atoms with van der Waals surface area (Å²) in [5.74, 6) is 3.86. The van der Waals surface area contributed by atoms with Gasteiger partial charge in [0.2, 0.25) is 0 Å². The van der Waals surface area contributed by atoms with Crippen molar-refractivity contribution in [3.63, 3.8) is 0 Å². The maximum atomic E-state index is 10.6. The molecule has 0 aliphatic carbocycles. The first-order valence-corrected chi connectivity index (χ1v) is 7.20. The van der Waals surface area contributed by atoms with Crippen LogP contribution in [0.3, 0.4) is 0 Å². The molecule has 1 heterocycles. The maximum absolute atomic E-state index is 10.6. The van der Waals surface area contributed by atoms with E-state index in [1.54, 1.807) is 0 Å². The number of rotatable bonds is 2. The van der Waals surface area contributed by atoms with Gasteiger partial charge >= 0.3 is 12.1 Å². The average molecular weight is 385 g/mol. The van der Waals surface area contributed by atoms with Crippen molar-refractivity contribution in [2.24, 2.45) is 5.84 Å². The minimum absolute atomic E-state index is 0.295. The molecule has 0 amide bonds. The van der Waals surface area contributed by atoms with Crippen molar-refractivity contribution in [3.05, 3.63) is 28.7 Å². The van der Waals surface area contributed by atoms with Crippen LogP contribution in [0.5, 0.6) is 5.75 Å². The third-order valence-electron chi connectivity index (χ3n) is 2.85. The van der Waals surface area contributed by atoms with Gasteiger partial charge < -0.3 is 9.84 Å². The van der Waals surface area contributed by atoms with Crippen molar-refractivity contribution >= 4 is 21.9 Å². The molecule has 22 heavy (non-hydrogen) atoms. The van der Waals surface area contributed by atoms with Crippen molar-refractivity contribution in [2.45, 2.75) is 25.1 Å². The van der Waals surface area contributed by atoms with E-state index >= 15 is 0 Å². The second kappa shape index (κ2) is 8.35. The fourth-order valence-electron chi connectivity index (χ4n) is 1.71. The number of hydrazine groups is 1. The Morgan fingerprint density at radius 1 is 1.32 bits per heavy atom. The first-order valence-electron chi connectivity index (χ1n) is 6.41. The minimum atomic E-state index is -5.08. The van der Waals surface area contributed by atoms with E-state index in [-0.39, 0.29) is 0 Å². The van der Waals surface area contributed by atoms with Gasteiger partial charge in [0.05, 0.1) is 4.47 Å². The van der Waals surface area contributed by atoms with Crippen molar-refractivity contribution in [1.29, 1.82) is 0 Å². The van der Waals surface area contributed by atoms with E-state index in [1.807, 2.05) is 29.3 Å². The Morgan fingerprint density at radius 2 is 1.82 bits per heavy atom. The van der Waals surface area contributed by atoms with Crippen molar-refractivity contribution in [3.8, 4) is 5.75 Å². The topological polar surface area (TPSA) is 75.8 Å². The van der Waals surface area contributed by atoms with Crippen LogP contribution in [0.15, 0.2) is 28.7 Å². The number of ether oxygens (including phenoxy) is 1. The van der Waals surface area contributed by atoms with Crippen LogP contribution in [0.1, 0.15) is 12.8 Å². The minimum Gasteiger partial charge on any atom is -0.489 e. The van der Waals surface area contributed by atoms with Crippen molar-refractivity contribution < 1.29 is 27.8 Å². The van der Waals surface area contributed by atoms with E-state index in [0.717, 1.165) is 36.2 Å². The zero-order chi connectivity index (χ0) is 16.8. The number of aliphatic carboxylic acids is 1. The number of halogens is 4. The molecule has 9 heteroatoms. The van der Waals surface area contributed by atoms with Crippen LogP contribution in [-0.4, -0.2) is 41.5 Å². The Bertz CT molecular complexity index is 492. The van der Waals surface area contributed by atoms with Gasteiger partial charge in [-0.25, -0.2) is 9.80 Å². The van der Waals surface area contributed by atoms with Gasteiger partial charge in [-0.3, -0.25) is 5.84 Å². The average Bonchev–Trinajstić information content (AvgIpc) is 2.43. The number of piperidine rings is 1. The van der Waals surface area contributed by atoms with E-state index in [4.69, 9.17) is 20.5 Å². The summed E-state index contributed by atoms with van der Waals surface area (Å²) in [6.07, 6.45) is -2.79. The molecule has 3 N–H and O–H groups in total. The summed E-state index contributed by atoms with van der Waals surface area (Å²) in [6.45, 7) is 1.82. The summed E-state index contributed by atoms with van der Waals surface area (Å²) in [6, 6.07) is 7.95. The van der Waals surface area contributed by atoms with Gasteiger partial charge in [0.15, 0.2) is 0 Å². The number of carbonyl (C=O) groups is 1. The molecule has 1 aromatic rings. The summed E-state index contributed by atoms with van der Waals surface area (Å²) in [5, 5.41) is 8.97. The largest absolute Gasteiger partial charge is 0.490 e. The number of carboxylic acids is 1. The number of carboxylic acid groups (broad SMARTS) is 1. The molecule has 0 bridgehead atoms.